The molecule has 0 N–H and O–H groups in total. The summed E-state index contributed by atoms with van der Waals surface area (Å²) in [6, 6.07) is 22.9. The molecule has 2 aromatic carbocycles. The van der Waals surface area contributed by atoms with Crippen LogP contribution >= 0.6 is 0 Å². The molecule has 1 fully saturated rings. The van der Waals surface area contributed by atoms with Crippen molar-refractivity contribution in [1.29, 1.82) is 0 Å². The van der Waals surface area contributed by atoms with Crippen LogP contribution in [0, 0.1) is 0 Å². The third kappa shape index (κ3) is 3.39. The van der Waals surface area contributed by atoms with E-state index in [4.69, 9.17) is 4.52 Å². The van der Waals surface area contributed by atoms with Gasteiger partial charge in [-0.15, -0.1) is 0 Å². The van der Waals surface area contributed by atoms with Gasteiger partial charge in [-0.05, 0) is 11.1 Å². The van der Waals surface area contributed by atoms with Gasteiger partial charge in [0.05, 0.1) is 12.2 Å². The highest BCUT2D eigenvalue weighted by Crippen LogP contribution is 2.29. The highest BCUT2D eigenvalue weighted by molar-refractivity contribution is 5.91. The molecule has 0 radical (unpaired) electrons. The van der Waals surface area contributed by atoms with Crippen LogP contribution in [0.25, 0.3) is 0 Å². The van der Waals surface area contributed by atoms with Crippen LogP contribution in [0.3, 0.4) is 0 Å². The number of amides is 1. The molecule has 26 heavy (non-hydrogen) atoms. The lowest BCUT2D eigenvalue weighted by molar-refractivity contribution is 0.0559. The van der Waals surface area contributed by atoms with Crippen LogP contribution in [-0.2, 0) is 0 Å². The first-order valence-corrected chi connectivity index (χ1v) is 8.87. The van der Waals surface area contributed by atoms with Crippen LogP contribution in [0.4, 0.5) is 0 Å². The molecular formula is C21H21N3O2. The molecule has 0 aliphatic carbocycles. The fourth-order valence-corrected chi connectivity index (χ4v) is 3.55. The third-order valence-corrected chi connectivity index (χ3v) is 4.85. The first kappa shape index (κ1) is 16.5. The molecule has 132 valence electrons. The predicted molar refractivity (Wildman–Crippen MR) is 98.7 cm³/mol. The maximum absolute atomic E-state index is 12.5. The molecule has 4 rings (SSSR count). The van der Waals surface area contributed by atoms with Gasteiger partial charge in [-0.25, -0.2) is 0 Å². The smallest absolute Gasteiger partial charge is 0.292 e. The highest BCUT2D eigenvalue weighted by Gasteiger charge is 2.29. The number of piperazine rings is 1. The molecule has 0 spiro atoms. The van der Waals surface area contributed by atoms with Crippen molar-refractivity contribution in [3.8, 4) is 0 Å². The maximum Gasteiger partial charge on any atom is 0.292 e. The van der Waals surface area contributed by atoms with Crippen LogP contribution in [0.1, 0.15) is 27.7 Å². The van der Waals surface area contributed by atoms with Crippen LogP contribution in [0.2, 0.25) is 0 Å². The van der Waals surface area contributed by atoms with Gasteiger partial charge in [-0.1, -0.05) is 65.8 Å². The van der Waals surface area contributed by atoms with Gasteiger partial charge in [-0.2, -0.15) is 0 Å². The number of carbonyl (C=O) groups is 1. The van der Waals surface area contributed by atoms with Crippen molar-refractivity contribution in [2.45, 2.75) is 6.04 Å². The zero-order valence-electron chi connectivity index (χ0n) is 14.5. The standard InChI is InChI=1S/C21H21N3O2/c25-21(19-11-12-22-26-19)24-15-13-23(14-16-24)20(17-7-3-1-4-8-17)18-9-5-2-6-10-18/h1-12,20H,13-16H2. The molecular weight excluding hydrogens is 326 g/mol. The molecule has 0 bridgehead atoms. The quantitative estimate of drug-likeness (QED) is 0.727. The van der Waals surface area contributed by atoms with E-state index in [1.165, 1.54) is 17.3 Å². The van der Waals surface area contributed by atoms with E-state index in [-0.39, 0.29) is 11.9 Å². The molecule has 1 aliphatic rings. The lowest BCUT2D eigenvalue weighted by atomic mass is 9.96. The van der Waals surface area contributed by atoms with E-state index in [2.05, 4.69) is 58.6 Å². The molecule has 1 aromatic heterocycles. The van der Waals surface area contributed by atoms with Gasteiger partial charge in [0.25, 0.3) is 5.91 Å². The summed E-state index contributed by atoms with van der Waals surface area (Å²) in [5.41, 5.74) is 2.54. The second kappa shape index (κ2) is 7.54. The molecule has 2 heterocycles. The summed E-state index contributed by atoms with van der Waals surface area (Å²) >= 11 is 0. The average molecular weight is 347 g/mol. The van der Waals surface area contributed by atoms with Crippen LogP contribution in [0.5, 0.6) is 0 Å². The maximum atomic E-state index is 12.5. The van der Waals surface area contributed by atoms with E-state index in [9.17, 15) is 4.79 Å². The molecule has 5 heteroatoms. The number of hydrogen-bond acceptors (Lipinski definition) is 4. The Hall–Kier alpha value is -2.92. The molecule has 1 saturated heterocycles. The minimum atomic E-state index is -0.0851. The predicted octanol–water partition coefficient (Wildman–Crippen LogP) is 3.22. The number of carbonyl (C=O) groups excluding carboxylic acids is 1. The number of nitrogens with zero attached hydrogens (tertiary/aromatic N) is 3. The Balaban J connectivity index is 1.52. The summed E-state index contributed by atoms with van der Waals surface area (Å²) in [6.45, 7) is 2.98. The second-order valence-electron chi connectivity index (χ2n) is 6.43. The van der Waals surface area contributed by atoms with Crippen molar-refractivity contribution in [2.75, 3.05) is 26.2 Å². The highest BCUT2D eigenvalue weighted by atomic mass is 16.5. The van der Waals surface area contributed by atoms with Gasteiger partial charge < -0.3 is 9.42 Å². The molecule has 3 aromatic rings. The minimum absolute atomic E-state index is 0.0851. The zero-order valence-corrected chi connectivity index (χ0v) is 14.5. The summed E-state index contributed by atoms with van der Waals surface area (Å²) < 4.78 is 5.01. The first-order chi connectivity index (χ1) is 12.8. The molecule has 0 unspecified atom stereocenters. The Morgan fingerprint density at radius 1 is 0.846 bits per heavy atom. The monoisotopic (exact) mass is 347 g/mol. The summed E-state index contributed by atoms with van der Waals surface area (Å²) in [7, 11) is 0. The normalized spacial score (nSPS) is 15.3. The topological polar surface area (TPSA) is 49.6 Å². The molecule has 1 aliphatic heterocycles. The van der Waals surface area contributed by atoms with E-state index in [1.807, 2.05) is 17.0 Å². The van der Waals surface area contributed by atoms with Crippen molar-refractivity contribution in [2.24, 2.45) is 0 Å². The molecule has 1 amide bonds. The van der Waals surface area contributed by atoms with Crippen molar-refractivity contribution in [1.82, 2.24) is 15.0 Å². The minimum Gasteiger partial charge on any atom is -0.351 e. The second-order valence-corrected chi connectivity index (χ2v) is 6.43. The summed E-state index contributed by atoms with van der Waals surface area (Å²) in [5, 5.41) is 3.63. The largest absolute Gasteiger partial charge is 0.351 e. The van der Waals surface area contributed by atoms with E-state index < -0.39 is 0 Å². The Labute approximate surface area is 152 Å². The summed E-state index contributed by atoms with van der Waals surface area (Å²) in [5.74, 6) is 0.222. The number of aromatic nitrogens is 1. The van der Waals surface area contributed by atoms with Crippen LogP contribution in [0.15, 0.2) is 77.4 Å². The van der Waals surface area contributed by atoms with E-state index >= 15 is 0 Å². The van der Waals surface area contributed by atoms with Gasteiger partial charge in [0.15, 0.2) is 0 Å². The number of rotatable bonds is 4. The lowest BCUT2D eigenvalue weighted by Crippen LogP contribution is -2.49. The van der Waals surface area contributed by atoms with Crippen molar-refractivity contribution in [3.05, 3.63) is 89.8 Å². The summed E-state index contributed by atoms with van der Waals surface area (Å²) in [4.78, 5) is 16.7. The van der Waals surface area contributed by atoms with Gasteiger partial charge in [-0.3, -0.25) is 9.69 Å². The van der Waals surface area contributed by atoms with E-state index in [0.717, 1.165) is 13.1 Å². The van der Waals surface area contributed by atoms with Gasteiger partial charge in [0.2, 0.25) is 5.76 Å². The Bertz CT molecular complexity index is 787. The Morgan fingerprint density at radius 2 is 1.42 bits per heavy atom. The van der Waals surface area contributed by atoms with Gasteiger partial charge in [0, 0.05) is 32.2 Å². The average Bonchev–Trinajstić information content (AvgIpc) is 3.25. The lowest BCUT2D eigenvalue weighted by Gasteiger charge is -2.39. The molecule has 0 atom stereocenters. The molecule has 5 nitrogen and oxygen atoms in total. The van der Waals surface area contributed by atoms with Crippen molar-refractivity contribution >= 4 is 5.91 Å². The van der Waals surface area contributed by atoms with E-state index in [1.54, 1.807) is 6.07 Å². The van der Waals surface area contributed by atoms with Crippen LogP contribution in [-0.4, -0.2) is 47.0 Å². The molecule has 0 saturated carbocycles. The van der Waals surface area contributed by atoms with Gasteiger partial charge in [0.1, 0.15) is 0 Å². The van der Waals surface area contributed by atoms with Crippen molar-refractivity contribution < 1.29 is 9.32 Å². The summed E-state index contributed by atoms with van der Waals surface area (Å²) in [6.07, 6.45) is 1.50. The fraction of sp³-hybridized carbons (Fsp3) is 0.238. The van der Waals surface area contributed by atoms with Crippen LogP contribution < -0.4 is 0 Å². The number of hydrogen-bond donors (Lipinski definition) is 0. The zero-order chi connectivity index (χ0) is 17.8. The van der Waals surface area contributed by atoms with Crippen molar-refractivity contribution in [3.63, 3.8) is 0 Å². The first-order valence-electron chi connectivity index (χ1n) is 8.87. The SMILES string of the molecule is O=C(c1ccno1)N1CCN(C(c2ccccc2)c2ccccc2)CC1. The Morgan fingerprint density at radius 3 is 1.92 bits per heavy atom. The van der Waals surface area contributed by atoms with E-state index in [0.29, 0.717) is 18.8 Å². The van der Waals surface area contributed by atoms with Gasteiger partial charge >= 0.3 is 0 Å². The Kier molecular flexibility index (Phi) is 4.80. The fourth-order valence-electron chi connectivity index (χ4n) is 3.55. The number of benzene rings is 2. The third-order valence-electron chi connectivity index (χ3n) is 4.85.